The van der Waals surface area contributed by atoms with Crippen LogP contribution in [0.3, 0.4) is 0 Å². The molecule has 4 nitrogen and oxygen atoms in total. The van der Waals surface area contributed by atoms with E-state index in [0.717, 1.165) is 38.9 Å². The van der Waals surface area contributed by atoms with E-state index in [2.05, 4.69) is 17.2 Å². The Morgan fingerprint density at radius 1 is 1.21 bits per heavy atom. The van der Waals surface area contributed by atoms with E-state index in [9.17, 15) is 0 Å². The summed E-state index contributed by atoms with van der Waals surface area (Å²) >= 11 is 0. The summed E-state index contributed by atoms with van der Waals surface area (Å²) in [6.07, 6.45) is 5.67. The SMILES string of the molecule is CCCCCN=C(N)NCCCCN. The van der Waals surface area contributed by atoms with E-state index in [1.165, 1.54) is 12.8 Å². The minimum Gasteiger partial charge on any atom is -0.370 e. The summed E-state index contributed by atoms with van der Waals surface area (Å²) in [6, 6.07) is 0. The van der Waals surface area contributed by atoms with Gasteiger partial charge in [-0.05, 0) is 25.8 Å². The number of rotatable bonds is 8. The third-order valence-corrected chi connectivity index (χ3v) is 1.98. The molecule has 0 aliphatic rings. The minimum absolute atomic E-state index is 0.568. The molecule has 0 fully saturated rings. The van der Waals surface area contributed by atoms with Crippen LogP contribution in [0.5, 0.6) is 0 Å². The second-order valence-corrected chi connectivity index (χ2v) is 3.40. The molecule has 0 radical (unpaired) electrons. The van der Waals surface area contributed by atoms with Gasteiger partial charge in [-0.3, -0.25) is 4.99 Å². The predicted octanol–water partition coefficient (Wildman–Crippen LogP) is 0.820. The number of nitrogens with two attached hydrogens (primary N) is 2. The maximum Gasteiger partial charge on any atom is 0.188 e. The molecule has 0 saturated heterocycles. The van der Waals surface area contributed by atoms with E-state index < -0.39 is 0 Å². The summed E-state index contributed by atoms with van der Waals surface area (Å²) in [7, 11) is 0. The quantitative estimate of drug-likeness (QED) is 0.308. The summed E-state index contributed by atoms with van der Waals surface area (Å²) in [5.74, 6) is 0.568. The second kappa shape index (κ2) is 10.3. The highest BCUT2D eigenvalue weighted by atomic mass is 15.1. The number of hydrogen-bond acceptors (Lipinski definition) is 2. The lowest BCUT2D eigenvalue weighted by Crippen LogP contribution is -2.32. The lowest BCUT2D eigenvalue weighted by molar-refractivity contribution is 0.703. The van der Waals surface area contributed by atoms with Gasteiger partial charge < -0.3 is 16.8 Å². The second-order valence-electron chi connectivity index (χ2n) is 3.40. The van der Waals surface area contributed by atoms with E-state index in [1.807, 2.05) is 0 Å². The van der Waals surface area contributed by atoms with Crippen molar-refractivity contribution in [2.24, 2.45) is 16.5 Å². The van der Waals surface area contributed by atoms with Crippen LogP contribution in [0.1, 0.15) is 39.0 Å². The van der Waals surface area contributed by atoms with Crippen LogP contribution in [0.2, 0.25) is 0 Å². The highest BCUT2D eigenvalue weighted by Crippen LogP contribution is 1.93. The molecular weight excluding hydrogens is 176 g/mol. The topological polar surface area (TPSA) is 76.4 Å². The number of guanidine groups is 1. The summed E-state index contributed by atoms with van der Waals surface area (Å²) in [6.45, 7) is 4.64. The normalized spacial score (nSPS) is 11.7. The van der Waals surface area contributed by atoms with Crippen molar-refractivity contribution >= 4 is 5.96 Å². The summed E-state index contributed by atoms with van der Waals surface area (Å²) < 4.78 is 0. The average molecular weight is 200 g/mol. The van der Waals surface area contributed by atoms with Crippen molar-refractivity contribution in [2.75, 3.05) is 19.6 Å². The lowest BCUT2D eigenvalue weighted by atomic mass is 10.2. The highest BCUT2D eigenvalue weighted by molar-refractivity contribution is 5.77. The molecule has 5 N–H and O–H groups in total. The zero-order chi connectivity index (χ0) is 10.6. The van der Waals surface area contributed by atoms with E-state index in [0.29, 0.717) is 5.96 Å². The smallest absolute Gasteiger partial charge is 0.188 e. The van der Waals surface area contributed by atoms with Crippen LogP contribution in [-0.2, 0) is 0 Å². The van der Waals surface area contributed by atoms with Crippen LogP contribution in [0, 0.1) is 0 Å². The van der Waals surface area contributed by atoms with Gasteiger partial charge in [0.25, 0.3) is 0 Å². The molecule has 14 heavy (non-hydrogen) atoms. The van der Waals surface area contributed by atoms with Crippen molar-refractivity contribution < 1.29 is 0 Å². The van der Waals surface area contributed by atoms with Crippen molar-refractivity contribution in [2.45, 2.75) is 39.0 Å². The fraction of sp³-hybridized carbons (Fsp3) is 0.900. The van der Waals surface area contributed by atoms with Gasteiger partial charge in [-0.25, -0.2) is 0 Å². The summed E-state index contributed by atoms with van der Waals surface area (Å²) in [5, 5.41) is 3.07. The average Bonchev–Trinajstić information content (AvgIpc) is 2.19. The van der Waals surface area contributed by atoms with E-state index >= 15 is 0 Å². The van der Waals surface area contributed by atoms with Gasteiger partial charge >= 0.3 is 0 Å². The number of nitrogens with one attached hydrogen (secondary N) is 1. The summed E-state index contributed by atoms with van der Waals surface area (Å²) in [4.78, 5) is 4.21. The Bertz CT molecular complexity index is 145. The number of unbranched alkanes of at least 4 members (excludes halogenated alkanes) is 3. The number of aliphatic imine (C=N–C) groups is 1. The van der Waals surface area contributed by atoms with Crippen molar-refractivity contribution in [1.82, 2.24) is 5.32 Å². The molecule has 0 amide bonds. The Kier molecular flexibility index (Phi) is 9.74. The van der Waals surface area contributed by atoms with Crippen LogP contribution in [0.25, 0.3) is 0 Å². The van der Waals surface area contributed by atoms with Gasteiger partial charge in [0.05, 0.1) is 0 Å². The van der Waals surface area contributed by atoms with Crippen LogP contribution >= 0.6 is 0 Å². The highest BCUT2D eigenvalue weighted by Gasteiger charge is 1.90. The molecule has 0 aliphatic heterocycles. The first-order valence-corrected chi connectivity index (χ1v) is 5.55. The molecule has 0 heterocycles. The maximum atomic E-state index is 5.65. The molecule has 0 aliphatic carbocycles. The molecule has 0 saturated carbocycles. The first-order chi connectivity index (χ1) is 6.81. The Labute approximate surface area is 87.1 Å². The van der Waals surface area contributed by atoms with Crippen LogP contribution < -0.4 is 16.8 Å². The summed E-state index contributed by atoms with van der Waals surface area (Å²) in [5.41, 5.74) is 11.0. The Balaban J connectivity index is 3.28. The molecule has 4 heteroatoms. The number of hydrogen-bond donors (Lipinski definition) is 3. The van der Waals surface area contributed by atoms with Crippen LogP contribution in [0.4, 0.5) is 0 Å². The van der Waals surface area contributed by atoms with E-state index in [-0.39, 0.29) is 0 Å². The third kappa shape index (κ3) is 9.32. The van der Waals surface area contributed by atoms with Gasteiger partial charge in [0.15, 0.2) is 5.96 Å². The lowest BCUT2D eigenvalue weighted by Gasteiger charge is -2.04. The van der Waals surface area contributed by atoms with Crippen LogP contribution in [0.15, 0.2) is 4.99 Å². The molecule has 0 aromatic carbocycles. The Hall–Kier alpha value is -0.770. The van der Waals surface area contributed by atoms with Crippen molar-refractivity contribution in [1.29, 1.82) is 0 Å². The fourth-order valence-corrected chi connectivity index (χ4v) is 1.10. The maximum absolute atomic E-state index is 5.65. The monoisotopic (exact) mass is 200 g/mol. The molecular formula is C10H24N4. The van der Waals surface area contributed by atoms with E-state index in [4.69, 9.17) is 11.5 Å². The number of nitrogens with zero attached hydrogens (tertiary/aromatic N) is 1. The third-order valence-electron chi connectivity index (χ3n) is 1.98. The van der Waals surface area contributed by atoms with E-state index in [1.54, 1.807) is 0 Å². The Morgan fingerprint density at radius 2 is 2.00 bits per heavy atom. The van der Waals surface area contributed by atoms with Gasteiger partial charge in [0.1, 0.15) is 0 Å². The zero-order valence-corrected chi connectivity index (χ0v) is 9.26. The van der Waals surface area contributed by atoms with Crippen molar-refractivity contribution in [3.05, 3.63) is 0 Å². The Morgan fingerprint density at radius 3 is 2.64 bits per heavy atom. The van der Waals surface area contributed by atoms with Crippen LogP contribution in [-0.4, -0.2) is 25.6 Å². The van der Waals surface area contributed by atoms with Crippen molar-refractivity contribution in [3.8, 4) is 0 Å². The molecule has 0 aromatic heterocycles. The standard InChI is InChI=1S/C10H24N4/c1-2-3-5-8-13-10(12)14-9-6-4-7-11/h2-9,11H2,1H3,(H3,12,13,14). The first kappa shape index (κ1) is 13.2. The van der Waals surface area contributed by atoms with Gasteiger partial charge in [-0.1, -0.05) is 19.8 Å². The van der Waals surface area contributed by atoms with Gasteiger partial charge in [0, 0.05) is 13.1 Å². The molecule has 0 aromatic rings. The predicted molar refractivity (Wildman–Crippen MR) is 62.3 cm³/mol. The molecule has 0 atom stereocenters. The van der Waals surface area contributed by atoms with Gasteiger partial charge in [0.2, 0.25) is 0 Å². The molecule has 0 bridgehead atoms. The fourth-order valence-electron chi connectivity index (χ4n) is 1.10. The minimum atomic E-state index is 0.568. The van der Waals surface area contributed by atoms with Crippen molar-refractivity contribution in [3.63, 3.8) is 0 Å². The first-order valence-electron chi connectivity index (χ1n) is 5.55. The zero-order valence-electron chi connectivity index (χ0n) is 9.26. The molecule has 0 unspecified atom stereocenters. The van der Waals surface area contributed by atoms with Gasteiger partial charge in [-0.15, -0.1) is 0 Å². The van der Waals surface area contributed by atoms with Gasteiger partial charge in [-0.2, -0.15) is 0 Å². The molecule has 84 valence electrons. The molecule has 0 rings (SSSR count). The molecule has 0 spiro atoms. The largest absolute Gasteiger partial charge is 0.370 e.